The van der Waals surface area contributed by atoms with E-state index in [0.717, 1.165) is 42.5 Å². The van der Waals surface area contributed by atoms with Crippen molar-refractivity contribution in [2.45, 2.75) is 33.2 Å². The third-order valence-corrected chi connectivity index (χ3v) is 5.08. The molecule has 140 valence electrons. The van der Waals surface area contributed by atoms with E-state index in [2.05, 4.69) is 36.3 Å². The summed E-state index contributed by atoms with van der Waals surface area (Å²) < 4.78 is 6.82. The largest absolute Gasteiger partial charge is 0.419 e. The summed E-state index contributed by atoms with van der Waals surface area (Å²) in [6, 6.07) is 7.83. The summed E-state index contributed by atoms with van der Waals surface area (Å²) in [7, 11) is 0. The summed E-state index contributed by atoms with van der Waals surface area (Å²) in [4.78, 5) is 14.1. The normalized spacial score (nSPS) is 18.2. The number of aromatic nitrogens is 2. The highest BCUT2D eigenvalue weighted by molar-refractivity contribution is 9.10. The molecule has 2 heterocycles. The standard InChI is InChI=1S/C19H25BrN4O2/c1-13(2)18(25)21-10-14-5-4-8-24(11-14)12-17-22-23-19(26-17)15-6-3-7-16(20)9-15/h3,6-7,9,13-14H,4-5,8,10-12H2,1-2H3,(H,21,25). The highest BCUT2D eigenvalue weighted by atomic mass is 79.9. The van der Waals surface area contributed by atoms with E-state index < -0.39 is 0 Å². The Balaban J connectivity index is 1.55. The molecule has 1 aliphatic heterocycles. The van der Waals surface area contributed by atoms with E-state index in [1.807, 2.05) is 38.1 Å². The lowest BCUT2D eigenvalue weighted by Gasteiger charge is -2.31. The molecule has 1 aromatic heterocycles. The molecule has 1 aliphatic rings. The van der Waals surface area contributed by atoms with E-state index in [1.54, 1.807) is 0 Å². The first-order chi connectivity index (χ1) is 12.5. The fraction of sp³-hybridized carbons (Fsp3) is 0.526. The Labute approximate surface area is 162 Å². The second-order valence-electron chi connectivity index (χ2n) is 7.15. The number of benzene rings is 1. The van der Waals surface area contributed by atoms with Gasteiger partial charge < -0.3 is 9.73 Å². The maximum atomic E-state index is 11.8. The molecule has 1 amide bonds. The molecule has 1 N–H and O–H groups in total. The number of nitrogens with zero attached hydrogens (tertiary/aromatic N) is 3. The number of carbonyl (C=O) groups excluding carboxylic acids is 1. The van der Waals surface area contributed by atoms with E-state index >= 15 is 0 Å². The lowest BCUT2D eigenvalue weighted by atomic mass is 9.98. The van der Waals surface area contributed by atoms with Gasteiger partial charge in [-0.25, -0.2) is 0 Å². The SMILES string of the molecule is CC(C)C(=O)NCC1CCCN(Cc2nnc(-c3cccc(Br)c3)o2)C1. The first-order valence-electron chi connectivity index (χ1n) is 9.09. The van der Waals surface area contributed by atoms with E-state index in [-0.39, 0.29) is 11.8 Å². The molecule has 1 fully saturated rings. The molecule has 0 spiro atoms. The summed E-state index contributed by atoms with van der Waals surface area (Å²) in [5, 5.41) is 11.4. The van der Waals surface area contributed by atoms with Crippen molar-refractivity contribution in [3.63, 3.8) is 0 Å². The van der Waals surface area contributed by atoms with Crippen LogP contribution in [-0.2, 0) is 11.3 Å². The summed E-state index contributed by atoms with van der Waals surface area (Å²) in [5.74, 6) is 1.80. The highest BCUT2D eigenvalue weighted by Crippen LogP contribution is 2.23. The van der Waals surface area contributed by atoms with Crippen molar-refractivity contribution in [3.05, 3.63) is 34.6 Å². The lowest BCUT2D eigenvalue weighted by Crippen LogP contribution is -2.41. The zero-order valence-corrected chi connectivity index (χ0v) is 16.8. The van der Waals surface area contributed by atoms with Gasteiger partial charge in [-0.05, 0) is 43.5 Å². The Morgan fingerprint density at radius 1 is 1.42 bits per heavy atom. The Bertz CT molecular complexity index is 747. The van der Waals surface area contributed by atoms with E-state index in [9.17, 15) is 4.79 Å². The highest BCUT2D eigenvalue weighted by Gasteiger charge is 2.22. The second-order valence-corrected chi connectivity index (χ2v) is 8.07. The van der Waals surface area contributed by atoms with Gasteiger partial charge in [-0.3, -0.25) is 9.69 Å². The quantitative estimate of drug-likeness (QED) is 0.774. The van der Waals surface area contributed by atoms with Crippen LogP contribution in [0, 0.1) is 11.8 Å². The summed E-state index contributed by atoms with van der Waals surface area (Å²) in [6.45, 7) is 7.17. The molecular weight excluding hydrogens is 396 g/mol. The summed E-state index contributed by atoms with van der Waals surface area (Å²) in [5.41, 5.74) is 0.908. The Kier molecular flexibility index (Phi) is 6.43. The molecule has 0 radical (unpaired) electrons. The molecule has 26 heavy (non-hydrogen) atoms. The third-order valence-electron chi connectivity index (χ3n) is 4.59. The first-order valence-corrected chi connectivity index (χ1v) is 9.89. The third kappa shape index (κ3) is 5.14. The Morgan fingerprint density at radius 3 is 3.04 bits per heavy atom. The molecule has 1 unspecified atom stereocenters. The number of carbonyl (C=O) groups is 1. The van der Waals surface area contributed by atoms with Gasteiger partial charge in [0.2, 0.25) is 17.7 Å². The molecule has 1 aromatic carbocycles. The van der Waals surface area contributed by atoms with Gasteiger partial charge >= 0.3 is 0 Å². The van der Waals surface area contributed by atoms with Gasteiger partial charge in [-0.2, -0.15) is 0 Å². The van der Waals surface area contributed by atoms with Crippen molar-refractivity contribution >= 4 is 21.8 Å². The fourth-order valence-corrected chi connectivity index (χ4v) is 3.56. The molecular formula is C19H25BrN4O2. The van der Waals surface area contributed by atoms with Crippen molar-refractivity contribution < 1.29 is 9.21 Å². The smallest absolute Gasteiger partial charge is 0.247 e. The molecule has 0 aliphatic carbocycles. The zero-order valence-electron chi connectivity index (χ0n) is 15.2. The van der Waals surface area contributed by atoms with Gasteiger partial charge in [0.25, 0.3) is 0 Å². The predicted molar refractivity (Wildman–Crippen MR) is 103 cm³/mol. The van der Waals surface area contributed by atoms with Gasteiger partial charge in [0.05, 0.1) is 6.54 Å². The van der Waals surface area contributed by atoms with Gasteiger partial charge in [-0.1, -0.05) is 35.8 Å². The average molecular weight is 421 g/mol. The van der Waals surface area contributed by atoms with Gasteiger partial charge in [0, 0.05) is 29.0 Å². The van der Waals surface area contributed by atoms with Crippen LogP contribution in [0.3, 0.4) is 0 Å². The van der Waals surface area contributed by atoms with Gasteiger partial charge in [-0.15, -0.1) is 10.2 Å². The average Bonchev–Trinajstić information content (AvgIpc) is 3.08. The zero-order chi connectivity index (χ0) is 18.5. The van der Waals surface area contributed by atoms with Crippen LogP contribution in [-0.4, -0.2) is 40.6 Å². The van der Waals surface area contributed by atoms with Crippen LogP contribution in [0.15, 0.2) is 33.2 Å². The van der Waals surface area contributed by atoms with Crippen molar-refractivity contribution in [2.24, 2.45) is 11.8 Å². The van der Waals surface area contributed by atoms with Gasteiger partial charge in [0.15, 0.2) is 0 Å². The summed E-state index contributed by atoms with van der Waals surface area (Å²) in [6.07, 6.45) is 2.26. The maximum absolute atomic E-state index is 11.8. The van der Waals surface area contributed by atoms with Crippen molar-refractivity contribution in [2.75, 3.05) is 19.6 Å². The number of piperidine rings is 1. The number of amides is 1. The molecule has 2 aromatic rings. The predicted octanol–water partition coefficient (Wildman–Crippen LogP) is 3.48. The second kappa shape index (κ2) is 8.77. The molecule has 0 bridgehead atoms. The Hall–Kier alpha value is -1.73. The van der Waals surface area contributed by atoms with Gasteiger partial charge in [0.1, 0.15) is 0 Å². The van der Waals surface area contributed by atoms with E-state index in [1.165, 1.54) is 0 Å². The van der Waals surface area contributed by atoms with Crippen molar-refractivity contribution in [1.29, 1.82) is 0 Å². The molecule has 1 atom stereocenters. The van der Waals surface area contributed by atoms with Crippen LogP contribution in [0.5, 0.6) is 0 Å². The minimum absolute atomic E-state index is 0.0320. The molecule has 1 saturated heterocycles. The fourth-order valence-electron chi connectivity index (χ4n) is 3.16. The molecule has 0 saturated carbocycles. The monoisotopic (exact) mass is 420 g/mol. The lowest BCUT2D eigenvalue weighted by molar-refractivity contribution is -0.124. The van der Waals surface area contributed by atoms with E-state index in [0.29, 0.717) is 24.2 Å². The van der Waals surface area contributed by atoms with Crippen molar-refractivity contribution in [1.82, 2.24) is 20.4 Å². The minimum atomic E-state index is 0.0320. The van der Waals surface area contributed by atoms with Crippen LogP contribution >= 0.6 is 15.9 Å². The number of rotatable bonds is 6. The Morgan fingerprint density at radius 2 is 2.27 bits per heavy atom. The molecule has 3 rings (SSSR count). The number of likely N-dealkylation sites (tertiary alicyclic amines) is 1. The van der Waals surface area contributed by atoms with Crippen LogP contribution in [0.1, 0.15) is 32.6 Å². The van der Waals surface area contributed by atoms with Crippen LogP contribution in [0.25, 0.3) is 11.5 Å². The maximum Gasteiger partial charge on any atom is 0.247 e. The van der Waals surface area contributed by atoms with E-state index in [4.69, 9.17) is 4.42 Å². The number of nitrogens with one attached hydrogen (secondary N) is 1. The first kappa shape index (κ1) is 19.0. The number of halogens is 1. The van der Waals surface area contributed by atoms with Crippen LogP contribution in [0.2, 0.25) is 0 Å². The molecule has 6 nitrogen and oxygen atoms in total. The topological polar surface area (TPSA) is 71.3 Å². The van der Waals surface area contributed by atoms with Crippen molar-refractivity contribution in [3.8, 4) is 11.5 Å². The van der Waals surface area contributed by atoms with Crippen LogP contribution < -0.4 is 5.32 Å². The number of hydrogen-bond acceptors (Lipinski definition) is 5. The number of hydrogen-bond donors (Lipinski definition) is 1. The molecule has 7 heteroatoms. The minimum Gasteiger partial charge on any atom is -0.419 e. The summed E-state index contributed by atoms with van der Waals surface area (Å²) >= 11 is 3.46. The van der Waals surface area contributed by atoms with Crippen LogP contribution in [0.4, 0.5) is 0 Å².